The average Bonchev–Trinajstić information content (AvgIpc) is 2.77. The predicted octanol–water partition coefficient (Wildman–Crippen LogP) is 2.02. The summed E-state index contributed by atoms with van der Waals surface area (Å²) in [6, 6.07) is 1.96. The molecule has 0 bridgehead atoms. The summed E-state index contributed by atoms with van der Waals surface area (Å²) in [5.41, 5.74) is 6.88. The van der Waals surface area contributed by atoms with Crippen molar-refractivity contribution in [3.8, 4) is 0 Å². The van der Waals surface area contributed by atoms with E-state index in [4.69, 9.17) is 15.0 Å². The lowest BCUT2D eigenvalue weighted by molar-refractivity contribution is 0.154. The number of nitrogens with zero attached hydrogens (tertiary/aromatic N) is 2. The first-order valence-corrected chi connectivity index (χ1v) is 6.86. The van der Waals surface area contributed by atoms with E-state index in [2.05, 4.69) is 30.8 Å². The highest BCUT2D eigenvalue weighted by Crippen LogP contribution is 2.17. The number of nitrogens with two attached hydrogens (primary N) is 1. The van der Waals surface area contributed by atoms with Crippen molar-refractivity contribution in [1.29, 1.82) is 0 Å². The van der Waals surface area contributed by atoms with Gasteiger partial charge in [-0.2, -0.15) is 0 Å². The molecule has 0 spiro atoms. The maximum absolute atomic E-state index is 5.81. The van der Waals surface area contributed by atoms with Gasteiger partial charge in [0.25, 0.3) is 0 Å². The largest absolute Gasteiger partial charge is 0.377 e. The predicted molar refractivity (Wildman–Crippen MR) is 75.6 cm³/mol. The number of hydrogen-bond donors (Lipinski definition) is 1. The van der Waals surface area contributed by atoms with Crippen LogP contribution >= 0.6 is 0 Å². The van der Waals surface area contributed by atoms with E-state index in [1.165, 1.54) is 0 Å². The standard InChI is InChI=1S/C14H27N3O2/c1-5-6-17(11-14(2,3)10-15)8-12-7-13(9-18-4)19-16-12/h7H,5-6,8-11,15H2,1-4H3. The Labute approximate surface area is 116 Å². The summed E-state index contributed by atoms with van der Waals surface area (Å²) in [6.45, 7) is 10.5. The van der Waals surface area contributed by atoms with Crippen LogP contribution in [-0.4, -0.2) is 36.8 Å². The molecule has 0 saturated carbocycles. The zero-order chi connectivity index (χ0) is 14.3. The van der Waals surface area contributed by atoms with Crippen molar-refractivity contribution in [1.82, 2.24) is 10.1 Å². The van der Waals surface area contributed by atoms with Gasteiger partial charge in [-0.1, -0.05) is 25.9 Å². The summed E-state index contributed by atoms with van der Waals surface area (Å²) in [5, 5.41) is 4.08. The lowest BCUT2D eigenvalue weighted by Crippen LogP contribution is -2.38. The molecule has 5 heteroatoms. The third-order valence-electron chi connectivity index (χ3n) is 3.02. The molecule has 1 heterocycles. The molecular formula is C14H27N3O2. The molecule has 0 saturated heterocycles. The van der Waals surface area contributed by atoms with Crippen molar-refractivity contribution in [3.05, 3.63) is 17.5 Å². The molecule has 0 atom stereocenters. The second-order valence-corrected chi connectivity index (χ2v) is 5.80. The van der Waals surface area contributed by atoms with Gasteiger partial charge in [0.2, 0.25) is 0 Å². The topological polar surface area (TPSA) is 64.5 Å². The molecule has 1 rings (SSSR count). The zero-order valence-corrected chi connectivity index (χ0v) is 12.6. The second-order valence-electron chi connectivity index (χ2n) is 5.80. The Kier molecular flexibility index (Phi) is 6.48. The van der Waals surface area contributed by atoms with Gasteiger partial charge in [0.05, 0.1) is 5.69 Å². The molecule has 0 aliphatic carbocycles. The van der Waals surface area contributed by atoms with E-state index < -0.39 is 0 Å². The van der Waals surface area contributed by atoms with Crippen LogP contribution in [-0.2, 0) is 17.9 Å². The van der Waals surface area contributed by atoms with Crippen LogP contribution in [0, 0.1) is 5.41 Å². The van der Waals surface area contributed by atoms with Crippen molar-refractivity contribution in [2.75, 3.05) is 26.7 Å². The molecule has 0 aromatic carbocycles. The van der Waals surface area contributed by atoms with E-state index in [0.717, 1.165) is 37.5 Å². The van der Waals surface area contributed by atoms with E-state index in [1.807, 2.05) is 6.07 Å². The van der Waals surface area contributed by atoms with Gasteiger partial charge in [0.1, 0.15) is 6.61 Å². The molecule has 0 aliphatic heterocycles. The molecule has 0 fully saturated rings. The van der Waals surface area contributed by atoms with Gasteiger partial charge in [-0.15, -0.1) is 0 Å². The third kappa shape index (κ3) is 5.72. The molecular weight excluding hydrogens is 242 g/mol. The SMILES string of the molecule is CCCN(Cc1cc(COC)on1)CC(C)(C)CN. The van der Waals surface area contributed by atoms with E-state index in [0.29, 0.717) is 13.2 Å². The fourth-order valence-corrected chi connectivity index (χ4v) is 2.07. The molecule has 1 aromatic rings. The van der Waals surface area contributed by atoms with Crippen molar-refractivity contribution in [3.63, 3.8) is 0 Å². The molecule has 1 aromatic heterocycles. The lowest BCUT2D eigenvalue weighted by atomic mass is 9.93. The normalized spacial score (nSPS) is 12.3. The lowest BCUT2D eigenvalue weighted by Gasteiger charge is -2.31. The molecule has 0 radical (unpaired) electrons. The Morgan fingerprint density at radius 1 is 1.47 bits per heavy atom. The summed E-state index contributed by atoms with van der Waals surface area (Å²) in [6.07, 6.45) is 1.11. The zero-order valence-electron chi connectivity index (χ0n) is 12.6. The van der Waals surface area contributed by atoms with Crippen molar-refractivity contribution < 1.29 is 9.26 Å². The second kappa shape index (κ2) is 7.62. The Morgan fingerprint density at radius 3 is 2.79 bits per heavy atom. The van der Waals surface area contributed by atoms with E-state index >= 15 is 0 Å². The van der Waals surface area contributed by atoms with E-state index in [1.54, 1.807) is 7.11 Å². The quantitative estimate of drug-likeness (QED) is 0.743. The first kappa shape index (κ1) is 16.1. The first-order valence-electron chi connectivity index (χ1n) is 6.86. The summed E-state index contributed by atoms with van der Waals surface area (Å²) >= 11 is 0. The van der Waals surface area contributed by atoms with Crippen LogP contribution in [0.5, 0.6) is 0 Å². The fraction of sp³-hybridized carbons (Fsp3) is 0.786. The van der Waals surface area contributed by atoms with Crippen LogP contribution in [0.15, 0.2) is 10.6 Å². The van der Waals surface area contributed by atoms with Crippen LogP contribution in [0.3, 0.4) is 0 Å². The minimum absolute atomic E-state index is 0.119. The van der Waals surface area contributed by atoms with Gasteiger partial charge < -0.3 is 15.0 Å². The summed E-state index contributed by atoms with van der Waals surface area (Å²) in [4.78, 5) is 2.38. The van der Waals surface area contributed by atoms with Gasteiger partial charge in [0, 0.05) is 26.3 Å². The molecule has 0 aliphatic rings. The van der Waals surface area contributed by atoms with Crippen molar-refractivity contribution >= 4 is 0 Å². The van der Waals surface area contributed by atoms with Crippen LogP contribution in [0.1, 0.15) is 38.6 Å². The Bertz CT molecular complexity index is 363. The van der Waals surface area contributed by atoms with E-state index in [-0.39, 0.29) is 5.41 Å². The van der Waals surface area contributed by atoms with Crippen LogP contribution in [0.25, 0.3) is 0 Å². The van der Waals surface area contributed by atoms with Gasteiger partial charge in [-0.05, 0) is 24.9 Å². The van der Waals surface area contributed by atoms with Crippen LogP contribution < -0.4 is 5.73 Å². The monoisotopic (exact) mass is 269 g/mol. The smallest absolute Gasteiger partial charge is 0.162 e. The molecule has 110 valence electrons. The van der Waals surface area contributed by atoms with Crippen molar-refractivity contribution in [2.24, 2.45) is 11.1 Å². The van der Waals surface area contributed by atoms with Gasteiger partial charge >= 0.3 is 0 Å². The minimum atomic E-state index is 0.119. The molecule has 19 heavy (non-hydrogen) atoms. The van der Waals surface area contributed by atoms with E-state index in [9.17, 15) is 0 Å². The Morgan fingerprint density at radius 2 is 2.21 bits per heavy atom. The number of ether oxygens (including phenoxy) is 1. The first-order chi connectivity index (χ1) is 9.00. The molecule has 2 N–H and O–H groups in total. The summed E-state index contributed by atoms with van der Waals surface area (Å²) in [7, 11) is 1.65. The number of hydrogen-bond acceptors (Lipinski definition) is 5. The number of aromatic nitrogens is 1. The summed E-state index contributed by atoms with van der Waals surface area (Å²) < 4.78 is 10.2. The highest BCUT2D eigenvalue weighted by atomic mass is 16.5. The van der Waals surface area contributed by atoms with Crippen molar-refractivity contribution in [2.45, 2.75) is 40.3 Å². The summed E-state index contributed by atoms with van der Waals surface area (Å²) in [5.74, 6) is 0.770. The Balaban J connectivity index is 2.61. The number of methoxy groups -OCH3 is 1. The van der Waals surface area contributed by atoms with Gasteiger partial charge in [0.15, 0.2) is 5.76 Å². The number of rotatable bonds is 9. The van der Waals surface area contributed by atoms with Gasteiger partial charge in [-0.25, -0.2) is 0 Å². The maximum Gasteiger partial charge on any atom is 0.162 e. The van der Waals surface area contributed by atoms with Crippen LogP contribution in [0.4, 0.5) is 0 Å². The highest BCUT2D eigenvalue weighted by Gasteiger charge is 2.20. The molecule has 0 unspecified atom stereocenters. The van der Waals surface area contributed by atoms with Crippen LogP contribution in [0.2, 0.25) is 0 Å². The minimum Gasteiger partial charge on any atom is -0.377 e. The maximum atomic E-state index is 5.81. The fourth-order valence-electron chi connectivity index (χ4n) is 2.07. The molecule has 5 nitrogen and oxygen atoms in total. The molecule has 0 amide bonds. The average molecular weight is 269 g/mol. The Hall–Kier alpha value is -0.910. The van der Waals surface area contributed by atoms with Gasteiger partial charge in [-0.3, -0.25) is 4.90 Å². The third-order valence-corrected chi connectivity index (χ3v) is 3.02. The highest BCUT2D eigenvalue weighted by molar-refractivity contribution is 5.04.